The molecule has 0 amide bonds. The smallest absolute Gasteiger partial charge is 0.219 e. The van der Waals surface area contributed by atoms with Gasteiger partial charge in [-0.3, -0.25) is 14.3 Å². The Labute approximate surface area is 65.5 Å². The highest BCUT2D eigenvalue weighted by Gasteiger charge is 2.01. The molecule has 0 atom stereocenters. The van der Waals surface area contributed by atoms with Crippen LogP contribution in [0, 0.1) is 7.05 Å². The maximum atomic E-state index is 10.4. The predicted octanol–water partition coefficient (Wildman–Crippen LogP) is 0.145. The zero-order valence-corrected chi connectivity index (χ0v) is 6.40. The van der Waals surface area contributed by atoms with E-state index in [0.717, 1.165) is 6.41 Å². The largest absolute Gasteiger partial charge is 0.298 e. The van der Waals surface area contributed by atoms with Crippen LogP contribution in [0.1, 0.15) is 5.82 Å². The summed E-state index contributed by atoms with van der Waals surface area (Å²) in [6.45, 7) is 0.575. The molecule has 0 fully saturated rings. The van der Waals surface area contributed by atoms with Crippen LogP contribution in [0.4, 0.5) is 0 Å². The van der Waals surface area contributed by atoms with E-state index in [1.54, 1.807) is 17.3 Å². The minimum atomic E-state index is 0.575. The van der Waals surface area contributed by atoms with Crippen molar-refractivity contribution in [3.05, 3.63) is 25.3 Å². The van der Waals surface area contributed by atoms with Crippen molar-refractivity contribution in [3.63, 3.8) is 0 Å². The summed E-state index contributed by atoms with van der Waals surface area (Å²) < 4.78 is 1.43. The van der Waals surface area contributed by atoms with Crippen molar-refractivity contribution in [3.8, 4) is 0 Å². The van der Waals surface area contributed by atoms with Crippen molar-refractivity contribution in [2.75, 3.05) is 7.05 Å². The standard InChI is InChI=1S/C7H10N3O/c1-9(2)5-7-8-3-4-10(7)6-11/h3-4,6H,1,5H2,2H3. The molecule has 0 bridgehead atoms. The molecule has 0 N–H and O–H groups in total. The quantitative estimate of drug-likeness (QED) is 0.578. The normalized spacial score (nSPS) is 10.5. The Morgan fingerprint density at radius 3 is 3.18 bits per heavy atom. The van der Waals surface area contributed by atoms with Crippen molar-refractivity contribution in [2.24, 2.45) is 0 Å². The molecule has 0 saturated carbocycles. The van der Waals surface area contributed by atoms with Gasteiger partial charge in [0.15, 0.2) is 0 Å². The topological polar surface area (TPSA) is 38.1 Å². The SMILES string of the molecule is [CH2]N(C)Cc1nccn1C=O. The minimum absolute atomic E-state index is 0.575. The van der Waals surface area contributed by atoms with Crippen molar-refractivity contribution < 1.29 is 4.79 Å². The fourth-order valence-electron chi connectivity index (χ4n) is 0.804. The predicted molar refractivity (Wildman–Crippen MR) is 41.2 cm³/mol. The maximum Gasteiger partial charge on any atom is 0.219 e. The van der Waals surface area contributed by atoms with Gasteiger partial charge < -0.3 is 0 Å². The number of carbonyl (C=O) groups is 1. The number of aromatic nitrogens is 2. The highest BCUT2D eigenvalue weighted by molar-refractivity contribution is 5.52. The molecule has 1 heterocycles. The van der Waals surface area contributed by atoms with Gasteiger partial charge in [-0.15, -0.1) is 0 Å². The van der Waals surface area contributed by atoms with E-state index in [2.05, 4.69) is 12.0 Å². The Kier molecular flexibility index (Phi) is 2.38. The highest BCUT2D eigenvalue weighted by atomic mass is 16.1. The van der Waals surface area contributed by atoms with Crippen molar-refractivity contribution in [2.45, 2.75) is 6.54 Å². The lowest BCUT2D eigenvalue weighted by molar-refractivity contribution is 0.427. The molecular weight excluding hydrogens is 142 g/mol. The number of rotatable bonds is 3. The molecule has 11 heavy (non-hydrogen) atoms. The number of carbonyl (C=O) groups excluding carboxylic acids is 1. The molecule has 4 heteroatoms. The van der Waals surface area contributed by atoms with Gasteiger partial charge in [0.1, 0.15) is 5.82 Å². The summed E-state index contributed by atoms with van der Waals surface area (Å²) in [6, 6.07) is 0. The van der Waals surface area contributed by atoms with E-state index in [-0.39, 0.29) is 0 Å². The van der Waals surface area contributed by atoms with Crippen LogP contribution < -0.4 is 0 Å². The van der Waals surface area contributed by atoms with E-state index in [1.165, 1.54) is 4.57 Å². The summed E-state index contributed by atoms with van der Waals surface area (Å²) in [5.74, 6) is 0.706. The summed E-state index contributed by atoms with van der Waals surface area (Å²) >= 11 is 0. The lowest BCUT2D eigenvalue weighted by Gasteiger charge is -2.07. The van der Waals surface area contributed by atoms with Crippen LogP contribution in [0.2, 0.25) is 0 Å². The number of nitrogens with zero attached hydrogens (tertiary/aromatic N) is 3. The number of hydrogen-bond acceptors (Lipinski definition) is 3. The summed E-state index contributed by atoms with van der Waals surface area (Å²) in [5.41, 5.74) is 0. The van der Waals surface area contributed by atoms with Crippen molar-refractivity contribution in [1.29, 1.82) is 0 Å². The van der Waals surface area contributed by atoms with Gasteiger partial charge in [-0.2, -0.15) is 0 Å². The van der Waals surface area contributed by atoms with E-state index in [9.17, 15) is 4.79 Å². The van der Waals surface area contributed by atoms with Gasteiger partial charge in [0, 0.05) is 19.4 Å². The first-order valence-electron chi connectivity index (χ1n) is 3.22. The molecule has 0 aliphatic rings. The van der Waals surface area contributed by atoms with Crippen LogP contribution in [0.25, 0.3) is 0 Å². The average Bonchev–Trinajstić information content (AvgIpc) is 2.34. The molecule has 0 saturated heterocycles. The third kappa shape index (κ3) is 1.88. The Balaban J connectivity index is 2.76. The second-order valence-corrected chi connectivity index (χ2v) is 2.37. The summed E-state index contributed by atoms with van der Waals surface area (Å²) in [4.78, 5) is 16.0. The Morgan fingerprint density at radius 2 is 2.64 bits per heavy atom. The molecule has 1 rings (SSSR count). The molecular formula is C7H10N3O. The zero-order valence-electron chi connectivity index (χ0n) is 6.40. The molecule has 4 nitrogen and oxygen atoms in total. The second kappa shape index (κ2) is 3.30. The molecule has 0 unspecified atom stereocenters. The van der Waals surface area contributed by atoms with Crippen molar-refractivity contribution in [1.82, 2.24) is 14.5 Å². The zero-order chi connectivity index (χ0) is 8.27. The van der Waals surface area contributed by atoms with Gasteiger partial charge in [-0.1, -0.05) is 0 Å². The fourth-order valence-corrected chi connectivity index (χ4v) is 0.804. The van der Waals surface area contributed by atoms with Gasteiger partial charge in [-0.25, -0.2) is 4.98 Å². The highest BCUT2D eigenvalue weighted by Crippen LogP contribution is 1.96. The average molecular weight is 152 g/mol. The van der Waals surface area contributed by atoms with Gasteiger partial charge in [0.2, 0.25) is 6.41 Å². The van der Waals surface area contributed by atoms with Crippen LogP contribution in [0.5, 0.6) is 0 Å². The third-order valence-corrected chi connectivity index (χ3v) is 1.27. The summed E-state index contributed by atoms with van der Waals surface area (Å²) in [7, 11) is 5.48. The first kappa shape index (κ1) is 7.94. The van der Waals surface area contributed by atoms with Crippen LogP contribution in [-0.4, -0.2) is 27.9 Å². The molecule has 0 aliphatic heterocycles. The Bertz CT molecular complexity index is 242. The Hall–Kier alpha value is -1.16. The number of hydrogen-bond donors (Lipinski definition) is 0. The molecule has 0 aromatic carbocycles. The monoisotopic (exact) mass is 152 g/mol. The molecule has 0 spiro atoms. The van der Waals surface area contributed by atoms with E-state index >= 15 is 0 Å². The third-order valence-electron chi connectivity index (χ3n) is 1.27. The van der Waals surface area contributed by atoms with Gasteiger partial charge in [-0.05, 0) is 7.05 Å². The molecule has 1 aromatic rings. The molecule has 1 radical (unpaired) electrons. The van der Waals surface area contributed by atoms with Gasteiger partial charge >= 0.3 is 0 Å². The van der Waals surface area contributed by atoms with Crippen LogP contribution >= 0.6 is 0 Å². The van der Waals surface area contributed by atoms with Crippen LogP contribution in [0.15, 0.2) is 12.4 Å². The van der Waals surface area contributed by atoms with Gasteiger partial charge in [0.05, 0.1) is 6.54 Å². The fraction of sp³-hybridized carbons (Fsp3) is 0.286. The summed E-state index contributed by atoms with van der Waals surface area (Å²) in [6.07, 6.45) is 3.94. The summed E-state index contributed by atoms with van der Waals surface area (Å²) in [5, 5.41) is 0. The number of imidazole rings is 1. The lowest BCUT2D eigenvalue weighted by Crippen LogP contribution is -2.13. The minimum Gasteiger partial charge on any atom is -0.298 e. The van der Waals surface area contributed by atoms with E-state index < -0.39 is 0 Å². The molecule has 0 aliphatic carbocycles. The lowest BCUT2D eigenvalue weighted by atomic mass is 10.5. The molecule has 1 aromatic heterocycles. The first-order chi connectivity index (χ1) is 5.24. The van der Waals surface area contributed by atoms with Crippen LogP contribution in [0.3, 0.4) is 0 Å². The Morgan fingerprint density at radius 1 is 1.91 bits per heavy atom. The van der Waals surface area contributed by atoms with Gasteiger partial charge in [0.25, 0.3) is 0 Å². The van der Waals surface area contributed by atoms with E-state index in [1.807, 2.05) is 7.05 Å². The van der Waals surface area contributed by atoms with E-state index in [0.29, 0.717) is 12.4 Å². The maximum absolute atomic E-state index is 10.4. The second-order valence-electron chi connectivity index (χ2n) is 2.37. The first-order valence-corrected chi connectivity index (χ1v) is 3.22. The molecule has 59 valence electrons. The van der Waals surface area contributed by atoms with Crippen molar-refractivity contribution >= 4 is 6.41 Å². The van der Waals surface area contributed by atoms with Crippen LogP contribution in [-0.2, 0) is 11.3 Å². The van der Waals surface area contributed by atoms with E-state index in [4.69, 9.17) is 0 Å².